The summed E-state index contributed by atoms with van der Waals surface area (Å²) >= 11 is 0.709. The Hall–Kier alpha value is -3.83. The summed E-state index contributed by atoms with van der Waals surface area (Å²) in [6, 6.07) is 11.0. The maximum atomic E-state index is 13.8. The molecule has 0 saturated heterocycles. The van der Waals surface area contributed by atoms with Gasteiger partial charge in [-0.25, -0.2) is 4.39 Å². The lowest BCUT2D eigenvalue weighted by molar-refractivity contribution is -0.122. The molecule has 0 aliphatic rings. The van der Waals surface area contributed by atoms with Crippen LogP contribution in [0.15, 0.2) is 48.5 Å². The molecular weight excluding hydrogens is 461 g/mol. The molecule has 0 fully saturated rings. The van der Waals surface area contributed by atoms with Crippen LogP contribution in [0.4, 0.5) is 15.8 Å². The van der Waals surface area contributed by atoms with Gasteiger partial charge >= 0.3 is 0 Å². The van der Waals surface area contributed by atoms with Crippen LogP contribution in [0, 0.1) is 12.7 Å². The maximum absolute atomic E-state index is 13.8. The number of amides is 3. The van der Waals surface area contributed by atoms with Gasteiger partial charge in [-0.2, -0.15) is 4.37 Å². The van der Waals surface area contributed by atoms with E-state index in [4.69, 9.17) is 16.2 Å². The quantitative estimate of drug-likeness (QED) is 0.398. The van der Waals surface area contributed by atoms with Gasteiger partial charge in [0.15, 0.2) is 5.69 Å². The molecule has 0 spiro atoms. The zero-order chi connectivity index (χ0) is 24.8. The predicted molar refractivity (Wildman–Crippen MR) is 127 cm³/mol. The summed E-state index contributed by atoms with van der Waals surface area (Å²) in [5.74, 6) is -2.54. The van der Waals surface area contributed by atoms with Crippen molar-refractivity contribution in [2.45, 2.75) is 13.0 Å². The minimum Gasteiger partial charge on any atom is -0.395 e. The molecule has 0 bridgehead atoms. The number of carbonyl (C=O) groups excluding carboxylic acids is 3. The van der Waals surface area contributed by atoms with Crippen LogP contribution in [-0.4, -0.2) is 42.4 Å². The molecule has 3 aromatic rings. The smallest absolute Gasteiger partial charge is 0.273 e. The fourth-order valence-electron chi connectivity index (χ4n) is 3.34. The molecule has 3 amide bonds. The Morgan fingerprint density at radius 3 is 2.50 bits per heavy atom. The van der Waals surface area contributed by atoms with Crippen molar-refractivity contribution in [1.82, 2.24) is 9.69 Å². The predicted octanol–water partition coefficient (Wildman–Crippen LogP) is 2.42. The highest BCUT2D eigenvalue weighted by Gasteiger charge is 2.36. The number of nitrogens with two attached hydrogens (primary N) is 2. The van der Waals surface area contributed by atoms with Crippen LogP contribution in [0.1, 0.15) is 37.3 Å². The molecule has 11 heteroatoms. The average Bonchev–Trinajstić information content (AvgIpc) is 3.19. The molecule has 9 nitrogen and oxygen atoms in total. The third-order valence-corrected chi connectivity index (χ3v) is 5.80. The summed E-state index contributed by atoms with van der Waals surface area (Å²) < 4.78 is 22.6. The number of benzene rings is 2. The standard InChI is InChI=1S/C23H24FN5O4S/c1-13-4-3-5-16(12-13)29(23(32)20-17(25)18(21(26)30)28-34-20)19(22(31)27-10-11-33-2)14-6-8-15(24)9-7-14/h3-9,12,19H,10-11,25H2,1-2H3,(H2,26,30)(H,27,31). The molecule has 0 aliphatic heterocycles. The van der Waals surface area contributed by atoms with E-state index in [1.807, 2.05) is 13.0 Å². The molecule has 3 rings (SSSR count). The van der Waals surface area contributed by atoms with Gasteiger partial charge in [0.2, 0.25) is 5.91 Å². The Balaban J connectivity index is 2.17. The summed E-state index contributed by atoms with van der Waals surface area (Å²) in [5, 5.41) is 2.74. The van der Waals surface area contributed by atoms with E-state index in [-0.39, 0.29) is 29.4 Å². The number of anilines is 2. The van der Waals surface area contributed by atoms with Gasteiger partial charge in [0, 0.05) is 19.3 Å². The van der Waals surface area contributed by atoms with Crippen LogP contribution in [0.25, 0.3) is 0 Å². The van der Waals surface area contributed by atoms with Crippen molar-refractivity contribution in [3.8, 4) is 0 Å². The molecular formula is C23H24FN5O4S. The van der Waals surface area contributed by atoms with E-state index >= 15 is 0 Å². The van der Waals surface area contributed by atoms with Crippen LogP contribution in [0.2, 0.25) is 0 Å². The number of methoxy groups -OCH3 is 1. The van der Waals surface area contributed by atoms with Crippen molar-refractivity contribution >= 4 is 40.6 Å². The van der Waals surface area contributed by atoms with E-state index in [0.29, 0.717) is 22.8 Å². The fourth-order valence-corrected chi connectivity index (χ4v) is 4.08. The number of hydrogen-bond donors (Lipinski definition) is 3. The molecule has 0 radical (unpaired) electrons. The number of nitrogen functional groups attached to an aromatic ring is 1. The van der Waals surface area contributed by atoms with Crippen LogP contribution >= 0.6 is 11.5 Å². The summed E-state index contributed by atoms with van der Waals surface area (Å²) in [7, 11) is 1.50. The van der Waals surface area contributed by atoms with Gasteiger partial charge in [0.05, 0.1) is 12.3 Å². The summed E-state index contributed by atoms with van der Waals surface area (Å²) in [6.45, 7) is 2.28. The highest BCUT2D eigenvalue weighted by Crippen LogP contribution is 2.33. The third-order valence-electron chi connectivity index (χ3n) is 4.95. The van der Waals surface area contributed by atoms with Crippen molar-refractivity contribution in [3.05, 3.63) is 76.0 Å². The van der Waals surface area contributed by atoms with E-state index in [9.17, 15) is 18.8 Å². The summed E-state index contributed by atoms with van der Waals surface area (Å²) in [6.07, 6.45) is 0. The first-order valence-electron chi connectivity index (χ1n) is 10.2. The lowest BCUT2D eigenvalue weighted by atomic mass is 10.0. The second-order valence-electron chi connectivity index (χ2n) is 7.39. The van der Waals surface area contributed by atoms with Gasteiger partial charge in [-0.15, -0.1) is 0 Å². The Bertz CT molecular complexity index is 1200. The van der Waals surface area contributed by atoms with E-state index in [0.717, 1.165) is 5.56 Å². The molecule has 1 unspecified atom stereocenters. The zero-order valence-corrected chi connectivity index (χ0v) is 19.4. The first-order valence-corrected chi connectivity index (χ1v) is 11.0. The maximum Gasteiger partial charge on any atom is 0.273 e. The van der Waals surface area contributed by atoms with Crippen molar-refractivity contribution < 1.29 is 23.5 Å². The van der Waals surface area contributed by atoms with E-state index in [2.05, 4.69) is 9.69 Å². The van der Waals surface area contributed by atoms with Crippen LogP contribution in [0.3, 0.4) is 0 Å². The normalized spacial score (nSPS) is 11.6. The topological polar surface area (TPSA) is 141 Å². The number of primary amides is 1. The Morgan fingerprint density at radius 2 is 1.91 bits per heavy atom. The van der Waals surface area contributed by atoms with Gasteiger partial charge in [0.1, 0.15) is 16.7 Å². The highest BCUT2D eigenvalue weighted by molar-refractivity contribution is 7.09. The molecule has 1 atom stereocenters. The number of nitrogens with one attached hydrogen (secondary N) is 1. The van der Waals surface area contributed by atoms with Crippen molar-refractivity contribution in [3.63, 3.8) is 0 Å². The number of ether oxygens (including phenoxy) is 1. The van der Waals surface area contributed by atoms with Gasteiger partial charge in [-0.05, 0) is 53.8 Å². The lowest BCUT2D eigenvalue weighted by Gasteiger charge is -2.31. The number of aryl methyl sites for hydroxylation is 1. The Morgan fingerprint density at radius 1 is 1.21 bits per heavy atom. The largest absolute Gasteiger partial charge is 0.395 e. The fraction of sp³-hybridized carbons (Fsp3) is 0.217. The van der Waals surface area contributed by atoms with Crippen LogP contribution < -0.4 is 21.7 Å². The van der Waals surface area contributed by atoms with Crippen molar-refractivity contribution in [2.75, 3.05) is 30.9 Å². The van der Waals surface area contributed by atoms with E-state index in [1.165, 1.54) is 36.3 Å². The molecule has 1 aromatic heterocycles. The number of halogens is 1. The Labute approximate surface area is 199 Å². The first kappa shape index (κ1) is 24.8. The van der Waals surface area contributed by atoms with Crippen molar-refractivity contribution in [1.29, 1.82) is 0 Å². The highest BCUT2D eigenvalue weighted by atomic mass is 32.1. The van der Waals surface area contributed by atoms with Gasteiger partial charge in [-0.1, -0.05) is 24.3 Å². The average molecular weight is 486 g/mol. The number of nitrogens with zero attached hydrogens (tertiary/aromatic N) is 2. The van der Waals surface area contributed by atoms with E-state index in [1.54, 1.807) is 18.2 Å². The Kier molecular flexibility index (Phi) is 7.92. The summed E-state index contributed by atoms with van der Waals surface area (Å²) in [5.41, 5.74) is 12.5. The third kappa shape index (κ3) is 5.38. The minimum absolute atomic E-state index is 0.0490. The van der Waals surface area contributed by atoms with Gasteiger partial charge < -0.3 is 21.5 Å². The number of carbonyl (C=O) groups is 3. The lowest BCUT2D eigenvalue weighted by Crippen LogP contribution is -2.44. The molecule has 0 saturated carbocycles. The number of hydrogen-bond acceptors (Lipinski definition) is 7. The number of rotatable bonds is 9. The first-order chi connectivity index (χ1) is 16.2. The number of aromatic nitrogens is 1. The second-order valence-corrected chi connectivity index (χ2v) is 8.16. The summed E-state index contributed by atoms with van der Waals surface area (Å²) in [4.78, 5) is 40.0. The molecule has 2 aromatic carbocycles. The molecule has 34 heavy (non-hydrogen) atoms. The second kappa shape index (κ2) is 10.9. The SMILES string of the molecule is COCCNC(=O)C(c1ccc(F)cc1)N(C(=O)c1snc(C(N)=O)c1N)c1cccc(C)c1. The molecule has 178 valence electrons. The molecule has 0 aliphatic carbocycles. The van der Waals surface area contributed by atoms with Crippen LogP contribution in [-0.2, 0) is 9.53 Å². The van der Waals surface area contributed by atoms with E-state index < -0.39 is 29.6 Å². The van der Waals surface area contributed by atoms with Gasteiger partial charge in [-0.3, -0.25) is 19.3 Å². The monoisotopic (exact) mass is 485 g/mol. The molecule has 5 N–H and O–H groups in total. The molecule has 1 heterocycles. The van der Waals surface area contributed by atoms with Crippen molar-refractivity contribution in [2.24, 2.45) is 5.73 Å². The minimum atomic E-state index is -1.19. The van der Waals surface area contributed by atoms with Crippen LogP contribution in [0.5, 0.6) is 0 Å². The van der Waals surface area contributed by atoms with Gasteiger partial charge in [0.25, 0.3) is 11.8 Å². The zero-order valence-electron chi connectivity index (χ0n) is 18.6.